The van der Waals surface area contributed by atoms with E-state index >= 15 is 0 Å². The molecule has 5 heteroatoms. The van der Waals surface area contributed by atoms with Crippen molar-refractivity contribution in [3.05, 3.63) is 29.8 Å². The number of ether oxygens (including phenoxy) is 1. The van der Waals surface area contributed by atoms with E-state index in [1.54, 1.807) is 0 Å². The van der Waals surface area contributed by atoms with Gasteiger partial charge in [0, 0.05) is 32.8 Å². The number of piperazine rings is 1. The third kappa shape index (κ3) is 2.86. The zero-order valence-corrected chi connectivity index (χ0v) is 12.0. The fourth-order valence-corrected chi connectivity index (χ4v) is 3.00. The van der Waals surface area contributed by atoms with Gasteiger partial charge in [0.15, 0.2) is 0 Å². The SMILES string of the molecule is N#Cc1ccccc1N1CCN(C(=O)[C@H]2CCOC2)CC1. The summed E-state index contributed by atoms with van der Waals surface area (Å²) in [5, 5.41) is 9.18. The van der Waals surface area contributed by atoms with Gasteiger partial charge in [0.25, 0.3) is 0 Å². The van der Waals surface area contributed by atoms with Gasteiger partial charge in [-0.2, -0.15) is 5.26 Å². The van der Waals surface area contributed by atoms with Crippen LogP contribution >= 0.6 is 0 Å². The molecular weight excluding hydrogens is 266 g/mol. The second kappa shape index (κ2) is 6.15. The Kier molecular flexibility index (Phi) is 4.07. The summed E-state index contributed by atoms with van der Waals surface area (Å²) in [6.07, 6.45) is 0.844. The predicted octanol–water partition coefficient (Wildman–Crippen LogP) is 1.24. The summed E-state index contributed by atoms with van der Waals surface area (Å²) in [5.74, 6) is 0.267. The highest BCUT2D eigenvalue weighted by Crippen LogP contribution is 2.22. The molecule has 1 aromatic rings. The maximum Gasteiger partial charge on any atom is 0.228 e. The van der Waals surface area contributed by atoms with Gasteiger partial charge in [0.1, 0.15) is 6.07 Å². The number of amides is 1. The van der Waals surface area contributed by atoms with Crippen molar-refractivity contribution >= 4 is 11.6 Å². The fraction of sp³-hybridized carbons (Fsp3) is 0.500. The third-order valence-corrected chi connectivity index (χ3v) is 4.24. The average molecular weight is 285 g/mol. The Bertz CT molecular complexity index is 553. The molecule has 0 bridgehead atoms. The van der Waals surface area contributed by atoms with Crippen molar-refractivity contribution in [2.45, 2.75) is 6.42 Å². The maximum atomic E-state index is 12.3. The van der Waals surface area contributed by atoms with E-state index < -0.39 is 0 Å². The lowest BCUT2D eigenvalue weighted by Gasteiger charge is -2.37. The van der Waals surface area contributed by atoms with Crippen molar-refractivity contribution in [3.8, 4) is 6.07 Å². The smallest absolute Gasteiger partial charge is 0.228 e. The Balaban J connectivity index is 1.62. The van der Waals surface area contributed by atoms with Crippen LogP contribution in [0.15, 0.2) is 24.3 Å². The van der Waals surface area contributed by atoms with Gasteiger partial charge in [-0.15, -0.1) is 0 Å². The lowest BCUT2D eigenvalue weighted by molar-refractivity contribution is -0.135. The molecule has 0 aliphatic carbocycles. The molecule has 1 amide bonds. The molecule has 0 N–H and O–H groups in total. The molecule has 2 heterocycles. The molecule has 1 aromatic carbocycles. The summed E-state index contributed by atoms with van der Waals surface area (Å²) < 4.78 is 5.30. The normalized spacial score (nSPS) is 22.1. The van der Waals surface area contributed by atoms with Crippen LogP contribution in [0, 0.1) is 17.2 Å². The molecule has 0 aromatic heterocycles. The van der Waals surface area contributed by atoms with Crippen LogP contribution < -0.4 is 4.90 Å². The summed E-state index contributed by atoms with van der Waals surface area (Å²) in [5.41, 5.74) is 1.66. The Hall–Kier alpha value is -2.06. The first kappa shape index (κ1) is 13.9. The van der Waals surface area contributed by atoms with E-state index in [4.69, 9.17) is 4.74 Å². The summed E-state index contributed by atoms with van der Waals surface area (Å²) in [6, 6.07) is 9.87. The number of anilines is 1. The monoisotopic (exact) mass is 285 g/mol. The second-order valence-corrected chi connectivity index (χ2v) is 5.50. The lowest BCUT2D eigenvalue weighted by atomic mass is 10.1. The minimum absolute atomic E-state index is 0.0444. The van der Waals surface area contributed by atoms with Gasteiger partial charge < -0.3 is 14.5 Å². The number of hydrogen-bond donors (Lipinski definition) is 0. The van der Waals surface area contributed by atoms with E-state index in [9.17, 15) is 10.1 Å². The first-order valence-electron chi connectivity index (χ1n) is 7.40. The highest BCUT2D eigenvalue weighted by atomic mass is 16.5. The average Bonchev–Trinajstić information content (AvgIpc) is 3.09. The number of carbonyl (C=O) groups excluding carboxylic acids is 1. The number of para-hydroxylation sites is 1. The van der Waals surface area contributed by atoms with E-state index in [2.05, 4.69) is 11.0 Å². The number of rotatable bonds is 2. The first-order chi connectivity index (χ1) is 10.3. The van der Waals surface area contributed by atoms with Gasteiger partial charge in [-0.25, -0.2) is 0 Å². The molecule has 2 aliphatic rings. The quantitative estimate of drug-likeness (QED) is 0.820. The molecule has 3 rings (SSSR count). The van der Waals surface area contributed by atoms with E-state index in [0.717, 1.165) is 38.3 Å². The van der Waals surface area contributed by atoms with E-state index in [0.29, 0.717) is 18.8 Å². The summed E-state index contributed by atoms with van der Waals surface area (Å²) in [6.45, 7) is 4.25. The summed E-state index contributed by atoms with van der Waals surface area (Å²) in [4.78, 5) is 16.5. The molecule has 0 unspecified atom stereocenters. The zero-order chi connectivity index (χ0) is 14.7. The van der Waals surface area contributed by atoms with Crippen molar-refractivity contribution in [3.63, 3.8) is 0 Å². The van der Waals surface area contributed by atoms with Gasteiger partial charge in [-0.1, -0.05) is 12.1 Å². The Morgan fingerprint density at radius 3 is 2.67 bits per heavy atom. The van der Waals surface area contributed by atoms with Crippen molar-refractivity contribution in [2.75, 3.05) is 44.3 Å². The molecule has 2 saturated heterocycles. The Labute approximate surface area is 124 Å². The van der Waals surface area contributed by atoms with Gasteiger partial charge in [-0.3, -0.25) is 4.79 Å². The third-order valence-electron chi connectivity index (χ3n) is 4.24. The minimum atomic E-state index is 0.0444. The number of hydrogen-bond acceptors (Lipinski definition) is 4. The van der Waals surface area contributed by atoms with Crippen LogP contribution in [0.25, 0.3) is 0 Å². The van der Waals surface area contributed by atoms with Gasteiger partial charge >= 0.3 is 0 Å². The van der Waals surface area contributed by atoms with Crippen LogP contribution in [-0.2, 0) is 9.53 Å². The van der Waals surface area contributed by atoms with Crippen molar-refractivity contribution < 1.29 is 9.53 Å². The number of benzene rings is 1. The molecule has 110 valence electrons. The zero-order valence-electron chi connectivity index (χ0n) is 12.0. The van der Waals surface area contributed by atoms with Crippen molar-refractivity contribution in [1.29, 1.82) is 5.26 Å². The highest BCUT2D eigenvalue weighted by molar-refractivity contribution is 5.79. The topological polar surface area (TPSA) is 56.6 Å². The number of carbonyl (C=O) groups is 1. The Morgan fingerprint density at radius 2 is 2.00 bits per heavy atom. The van der Waals surface area contributed by atoms with Gasteiger partial charge in [-0.05, 0) is 18.6 Å². The van der Waals surface area contributed by atoms with E-state index in [1.165, 1.54) is 0 Å². The van der Waals surface area contributed by atoms with Crippen LogP contribution in [0.4, 0.5) is 5.69 Å². The van der Waals surface area contributed by atoms with Crippen LogP contribution in [0.3, 0.4) is 0 Å². The minimum Gasteiger partial charge on any atom is -0.381 e. The Morgan fingerprint density at radius 1 is 1.24 bits per heavy atom. The van der Waals surface area contributed by atoms with Gasteiger partial charge in [0.2, 0.25) is 5.91 Å². The number of nitrogens with zero attached hydrogens (tertiary/aromatic N) is 3. The summed E-state index contributed by atoms with van der Waals surface area (Å²) >= 11 is 0. The lowest BCUT2D eigenvalue weighted by Crippen LogP contribution is -2.50. The maximum absolute atomic E-state index is 12.3. The van der Waals surface area contributed by atoms with Crippen molar-refractivity contribution in [2.24, 2.45) is 5.92 Å². The second-order valence-electron chi connectivity index (χ2n) is 5.50. The molecule has 0 radical (unpaired) electrons. The first-order valence-corrected chi connectivity index (χ1v) is 7.40. The van der Waals surface area contributed by atoms with E-state index in [1.807, 2.05) is 29.2 Å². The fourth-order valence-electron chi connectivity index (χ4n) is 3.00. The largest absolute Gasteiger partial charge is 0.381 e. The van der Waals surface area contributed by atoms with Crippen LogP contribution in [-0.4, -0.2) is 50.2 Å². The van der Waals surface area contributed by atoms with Crippen LogP contribution in [0.5, 0.6) is 0 Å². The molecular formula is C16H19N3O2. The molecule has 0 saturated carbocycles. The molecule has 5 nitrogen and oxygen atoms in total. The summed E-state index contributed by atoms with van der Waals surface area (Å²) in [7, 11) is 0. The van der Waals surface area contributed by atoms with Crippen LogP contribution in [0.1, 0.15) is 12.0 Å². The van der Waals surface area contributed by atoms with Crippen molar-refractivity contribution in [1.82, 2.24) is 4.90 Å². The van der Waals surface area contributed by atoms with Crippen LogP contribution in [0.2, 0.25) is 0 Å². The molecule has 0 spiro atoms. The predicted molar refractivity (Wildman–Crippen MR) is 78.9 cm³/mol. The standard InChI is InChI=1S/C16H19N3O2/c17-11-13-3-1-2-4-15(13)18-6-8-19(9-7-18)16(20)14-5-10-21-12-14/h1-4,14H,5-10,12H2/t14-/m0/s1. The highest BCUT2D eigenvalue weighted by Gasteiger charge is 2.30. The molecule has 1 atom stereocenters. The van der Waals surface area contributed by atoms with Gasteiger partial charge in [0.05, 0.1) is 23.8 Å². The number of nitriles is 1. The molecule has 2 aliphatic heterocycles. The van der Waals surface area contributed by atoms with E-state index in [-0.39, 0.29) is 11.8 Å². The molecule has 21 heavy (non-hydrogen) atoms. The molecule has 2 fully saturated rings.